The van der Waals surface area contributed by atoms with Crippen LogP contribution in [0, 0.1) is 0 Å². The number of aromatic nitrogens is 4. The van der Waals surface area contributed by atoms with Crippen LogP contribution in [0.1, 0.15) is 30.7 Å². The van der Waals surface area contributed by atoms with Gasteiger partial charge in [-0.1, -0.05) is 12.1 Å². The number of hydrogen-bond acceptors (Lipinski definition) is 15. The molecule has 0 fully saturated rings. The molecule has 0 aliphatic carbocycles. The summed E-state index contributed by atoms with van der Waals surface area (Å²) in [5.41, 5.74) is 4.25. The second-order valence-electron chi connectivity index (χ2n) is 13.1. The number of rotatable bonds is 11. The van der Waals surface area contributed by atoms with E-state index in [1.165, 1.54) is 84.4 Å². The van der Waals surface area contributed by atoms with Crippen LogP contribution in [0.4, 0.5) is 37.7 Å². The highest BCUT2D eigenvalue weighted by molar-refractivity contribution is 7.11. The fraction of sp³-hybridized carbons (Fsp3) is 0.0909. The summed E-state index contributed by atoms with van der Waals surface area (Å²) >= 11 is 2.39. The summed E-state index contributed by atoms with van der Waals surface area (Å²) in [7, 11) is 0. The minimum absolute atomic E-state index is 0.0542. The number of esters is 2. The van der Waals surface area contributed by atoms with E-state index in [0.29, 0.717) is 22.1 Å². The third-order valence-electron chi connectivity index (χ3n) is 8.44. The molecule has 0 unspecified atom stereocenters. The number of hydrogen-bond donors (Lipinski definition) is 3. The number of nitrogen functional groups attached to an aromatic ring is 1. The average Bonchev–Trinajstić information content (AvgIpc) is 4.05. The molecule has 0 bridgehead atoms. The highest BCUT2D eigenvalue weighted by Gasteiger charge is 2.34. The number of carboxylic acids is 1. The number of carboxylic acid groups (broad SMARTS) is 1. The molecular formula is C44H30F6N6O9S2. The van der Waals surface area contributed by atoms with E-state index >= 15 is 0 Å². The second kappa shape index (κ2) is 21.7. The van der Waals surface area contributed by atoms with Gasteiger partial charge in [0.1, 0.15) is 23.0 Å². The number of ether oxygens (including phenoxy) is 4. The zero-order valence-corrected chi connectivity index (χ0v) is 35.4. The first-order valence-electron chi connectivity index (χ1n) is 18.8. The predicted molar refractivity (Wildman–Crippen MR) is 232 cm³/mol. The SMILES string of the molecule is Nc1ccc(OC(=O)c2nccs2)cc1.O=C(COc1ccnc2c(C(F)(F)F)cccc12)Nc1ccc(OC(=O)c2nccs2)cc1.O=C(O)COc1ccnc2c(C(F)(F)F)cccc12. The maximum absolute atomic E-state index is 13.2. The molecule has 15 nitrogen and oxygen atoms in total. The summed E-state index contributed by atoms with van der Waals surface area (Å²) in [4.78, 5) is 61.2. The van der Waals surface area contributed by atoms with Gasteiger partial charge in [-0.05, 0) is 84.9 Å². The van der Waals surface area contributed by atoms with Gasteiger partial charge in [-0.15, -0.1) is 22.7 Å². The highest BCUT2D eigenvalue weighted by atomic mass is 32.1. The Morgan fingerprint density at radius 1 is 0.582 bits per heavy atom. The lowest BCUT2D eigenvalue weighted by atomic mass is 10.1. The molecule has 0 spiro atoms. The van der Waals surface area contributed by atoms with Crippen LogP contribution in [0.3, 0.4) is 0 Å². The summed E-state index contributed by atoms with van der Waals surface area (Å²) in [5, 5.41) is 15.3. The molecule has 0 saturated heterocycles. The largest absolute Gasteiger partial charge is 0.483 e. The summed E-state index contributed by atoms with van der Waals surface area (Å²) in [5.74, 6) is -1.89. The number of alkyl halides is 6. The van der Waals surface area contributed by atoms with E-state index in [1.54, 1.807) is 41.2 Å². The van der Waals surface area contributed by atoms with Gasteiger partial charge in [0.25, 0.3) is 5.91 Å². The first kappa shape index (κ1) is 48.3. The Morgan fingerprint density at radius 2 is 1.03 bits per heavy atom. The van der Waals surface area contributed by atoms with Gasteiger partial charge in [-0.3, -0.25) is 14.8 Å². The Hall–Kier alpha value is -8.18. The second-order valence-corrected chi connectivity index (χ2v) is 14.9. The van der Waals surface area contributed by atoms with Crippen molar-refractivity contribution in [2.24, 2.45) is 0 Å². The zero-order valence-electron chi connectivity index (χ0n) is 33.8. The lowest BCUT2D eigenvalue weighted by Crippen LogP contribution is -2.20. The number of nitrogens with two attached hydrogens (primary N) is 1. The molecule has 4 heterocycles. The number of benzene rings is 4. The first-order valence-corrected chi connectivity index (χ1v) is 20.6. The molecule has 8 rings (SSSR count). The quantitative estimate of drug-likeness (QED) is 0.0476. The van der Waals surface area contributed by atoms with Gasteiger partial charge in [0, 0.05) is 57.7 Å². The summed E-state index contributed by atoms with van der Waals surface area (Å²) < 4.78 is 98.6. The van der Waals surface area contributed by atoms with Gasteiger partial charge in [-0.25, -0.2) is 24.4 Å². The Bertz CT molecular complexity index is 2980. The average molecular weight is 965 g/mol. The van der Waals surface area contributed by atoms with Crippen molar-refractivity contribution < 1.29 is 69.6 Å². The van der Waals surface area contributed by atoms with Crippen LogP contribution in [0.25, 0.3) is 21.8 Å². The van der Waals surface area contributed by atoms with Crippen molar-refractivity contribution in [3.05, 3.63) is 154 Å². The summed E-state index contributed by atoms with van der Waals surface area (Å²) in [6, 6.07) is 22.5. The number of carbonyl (C=O) groups is 4. The third-order valence-corrected chi connectivity index (χ3v) is 9.94. The van der Waals surface area contributed by atoms with E-state index in [0.717, 1.165) is 29.7 Å². The minimum Gasteiger partial charge on any atom is -0.483 e. The van der Waals surface area contributed by atoms with Gasteiger partial charge in [0.05, 0.1) is 22.2 Å². The number of fused-ring (bicyclic) bond motifs is 2. The van der Waals surface area contributed by atoms with E-state index in [9.17, 15) is 45.5 Å². The van der Waals surface area contributed by atoms with Gasteiger partial charge in [0.2, 0.25) is 10.0 Å². The molecule has 67 heavy (non-hydrogen) atoms. The van der Waals surface area contributed by atoms with Gasteiger partial charge < -0.3 is 35.1 Å². The molecule has 0 atom stereocenters. The van der Waals surface area contributed by atoms with Gasteiger partial charge in [0.15, 0.2) is 13.2 Å². The first-order chi connectivity index (χ1) is 32.0. The predicted octanol–water partition coefficient (Wildman–Crippen LogP) is 9.61. The normalized spacial score (nSPS) is 11.0. The number of nitrogens with one attached hydrogen (secondary N) is 1. The molecule has 23 heteroatoms. The van der Waals surface area contributed by atoms with Crippen molar-refractivity contribution in [3.8, 4) is 23.0 Å². The maximum atomic E-state index is 13.2. The monoisotopic (exact) mass is 964 g/mol. The number of pyridine rings is 2. The van der Waals surface area contributed by atoms with Crippen LogP contribution in [0.15, 0.2) is 133 Å². The molecule has 0 aliphatic rings. The van der Waals surface area contributed by atoms with Crippen LogP contribution in [0.2, 0.25) is 0 Å². The molecule has 1 amide bonds. The van der Waals surface area contributed by atoms with Crippen molar-refractivity contribution >= 4 is 79.7 Å². The Kier molecular flexibility index (Phi) is 15.6. The minimum atomic E-state index is -4.57. The number of anilines is 2. The fourth-order valence-corrected chi connectivity index (χ4v) is 6.60. The number of aliphatic carboxylic acids is 1. The molecule has 4 N–H and O–H groups in total. The van der Waals surface area contributed by atoms with Crippen LogP contribution in [0.5, 0.6) is 23.0 Å². The van der Waals surface area contributed by atoms with Crippen molar-refractivity contribution in [1.29, 1.82) is 0 Å². The Labute approximate surface area is 381 Å². The Balaban J connectivity index is 0.000000183. The number of thiazole rings is 2. The number of nitrogens with zero attached hydrogens (tertiary/aromatic N) is 4. The van der Waals surface area contributed by atoms with Crippen LogP contribution in [-0.2, 0) is 21.9 Å². The van der Waals surface area contributed by atoms with E-state index in [1.807, 2.05) is 0 Å². The molecule has 0 radical (unpaired) electrons. The van der Waals surface area contributed by atoms with Crippen molar-refractivity contribution in [3.63, 3.8) is 0 Å². The number of amides is 1. The van der Waals surface area contributed by atoms with Crippen molar-refractivity contribution in [1.82, 2.24) is 19.9 Å². The number of halogens is 6. The topological polar surface area (TPSA) is 215 Å². The summed E-state index contributed by atoms with van der Waals surface area (Å²) in [6.45, 7) is -1.06. The van der Waals surface area contributed by atoms with E-state index in [2.05, 4.69) is 25.3 Å². The van der Waals surface area contributed by atoms with E-state index in [-0.39, 0.29) is 44.1 Å². The molecule has 4 aromatic heterocycles. The van der Waals surface area contributed by atoms with Gasteiger partial charge >= 0.3 is 30.3 Å². The third kappa shape index (κ3) is 13.4. The zero-order chi connectivity index (χ0) is 48.1. The lowest BCUT2D eigenvalue weighted by molar-refractivity contribution is -0.139. The fourth-order valence-electron chi connectivity index (χ4n) is 5.58. The van der Waals surface area contributed by atoms with Crippen molar-refractivity contribution in [2.75, 3.05) is 24.3 Å². The van der Waals surface area contributed by atoms with Crippen LogP contribution in [-0.4, -0.2) is 62.1 Å². The van der Waals surface area contributed by atoms with Gasteiger partial charge in [-0.2, -0.15) is 26.3 Å². The summed E-state index contributed by atoms with van der Waals surface area (Å²) in [6.07, 6.45) is -3.71. The highest BCUT2D eigenvalue weighted by Crippen LogP contribution is 2.37. The Morgan fingerprint density at radius 3 is 1.45 bits per heavy atom. The maximum Gasteiger partial charge on any atom is 0.418 e. The van der Waals surface area contributed by atoms with Crippen LogP contribution >= 0.6 is 22.7 Å². The molecular weight excluding hydrogens is 935 g/mol. The lowest BCUT2D eigenvalue weighted by Gasteiger charge is -2.13. The van der Waals surface area contributed by atoms with Crippen molar-refractivity contribution in [2.45, 2.75) is 12.4 Å². The molecule has 0 saturated carbocycles. The number of para-hydroxylation sites is 2. The molecule has 0 aliphatic heterocycles. The van der Waals surface area contributed by atoms with E-state index in [4.69, 9.17) is 29.8 Å². The molecule has 4 aromatic carbocycles. The van der Waals surface area contributed by atoms with E-state index < -0.39 is 60.5 Å². The number of carbonyl (C=O) groups excluding carboxylic acids is 3. The standard InChI is InChI=1S/C22H14F3N3O4S.C12H8F3NO3.C10H8N2O2S/c23-22(24,25)16-3-1-2-15-17(8-9-26-19(15)16)31-12-18(29)28-13-4-6-14(7-5-13)32-21(30)20-27-10-11-33-20;13-12(14,15)8-3-1-2-7-9(19-6-10(17)18)4-5-16-11(7)8;11-7-1-3-8(4-2-7)14-10(13)9-12-5-6-15-9/h1-11H,12H2,(H,28,29);1-5H,6H2,(H,17,18);1-6H,11H2. The molecule has 8 aromatic rings. The van der Waals surface area contributed by atoms with Crippen LogP contribution < -0.4 is 30.0 Å². The molecule has 344 valence electrons. The smallest absolute Gasteiger partial charge is 0.418 e.